The molecule has 2 rings (SSSR count). The highest BCUT2D eigenvalue weighted by Crippen LogP contribution is 2.17. The second-order valence-electron chi connectivity index (χ2n) is 7.07. The number of nitro groups is 1. The monoisotopic (exact) mass is 381 g/mol. The first kappa shape index (κ1) is 21.7. The number of benzene rings is 2. The van der Waals surface area contributed by atoms with Crippen LogP contribution in [0.3, 0.4) is 0 Å². The number of non-ortho nitro benzene ring substituents is 1. The Morgan fingerprint density at radius 2 is 1.29 bits per heavy atom. The third-order valence-corrected chi connectivity index (χ3v) is 4.72. The number of unbranched alkanes of at least 4 members (excludes halogenated alkanes) is 7. The summed E-state index contributed by atoms with van der Waals surface area (Å²) in [5, 5.41) is 10.7. The summed E-state index contributed by atoms with van der Waals surface area (Å²) in [4.78, 5) is 10.3. The van der Waals surface area contributed by atoms with Crippen LogP contribution in [0.4, 0.5) is 5.69 Å². The fraction of sp³-hybridized carbons (Fsp3) is 0.417. The molecule has 0 bridgehead atoms. The van der Waals surface area contributed by atoms with Gasteiger partial charge in [0.1, 0.15) is 5.75 Å². The first-order valence-electron chi connectivity index (χ1n) is 10.3. The van der Waals surface area contributed by atoms with Crippen LogP contribution in [0.15, 0.2) is 48.5 Å². The summed E-state index contributed by atoms with van der Waals surface area (Å²) in [6.45, 7) is 3.02. The molecule has 0 spiro atoms. The normalized spacial score (nSPS) is 11.0. The van der Waals surface area contributed by atoms with Gasteiger partial charge in [-0.3, -0.25) is 10.1 Å². The molecule has 150 valence electrons. The van der Waals surface area contributed by atoms with Crippen molar-refractivity contribution in [1.29, 1.82) is 0 Å². The van der Waals surface area contributed by atoms with Gasteiger partial charge < -0.3 is 4.74 Å². The number of nitrogens with zero attached hydrogens (tertiary/aromatic N) is 1. The van der Waals surface area contributed by atoms with E-state index in [0.717, 1.165) is 29.9 Å². The Morgan fingerprint density at radius 1 is 0.786 bits per heavy atom. The fourth-order valence-corrected chi connectivity index (χ4v) is 3.00. The van der Waals surface area contributed by atoms with Crippen LogP contribution in [0.25, 0.3) is 12.2 Å². The van der Waals surface area contributed by atoms with Gasteiger partial charge in [-0.15, -0.1) is 0 Å². The Morgan fingerprint density at radius 3 is 1.82 bits per heavy atom. The van der Waals surface area contributed by atoms with E-state index in [9.17, 15) is 10.1 Å². The van der Waals surface area contributed by atoms with Crippen molar-refractivity contribution < 1.29 is 9.66 Å². The lowest BCUT2D eigenvalue weighted by atomic mass is 10.1. The fourth-order valence-electron chi connectivity index (χ4n) is 3.00. The van der Waals surface area contributed by atoms with Gasteiger partial charge in [-0.2, -0.15) is 0 Å². The third-order valence-electron chi connectivity index (χ3n) is 4.72. The van der Waals surface area contributed by atoms with E-state index in [1.165, 1.54) is 57.1 Å². The van der Waals surface area contributed by atoms with Crippen LogP contribution >= 0.6 is 0 Å². The topological polar surface area (TPSA) is 52.4 Å². The van der Waals surface area contributed by atoms with Crippen LogP contribution in [-0.2, 0) is 0 Å². The van der Waals surface area contributed by atoms with E-state index < -0.39 is 0 Å². The van der Waals surface area contributed by atoms with Gasteiger partial charge in [0, 0.05) is 12.1 Å². The summed E-state index contributed by atoms with van der Waals surface area (Å²) < 4.78 is 5.82. The number of nitro benzene ring substituents is 1. The van der Waals surface area contributed by atoms with E-state index in [2.05, 4.69) is 6.92 Å². The Hall–Kier alpha value is -2.62. The molecule has 0 saturated heterocycles. The predicted molar refractivity (Wildman–Crippen MR) is 117 cm³/mol. The molecule has 4 nitrogen and oxygen atoms in total. The Kier molecular flexibility index (Phi) is 9.84. The smallest absolute Gasteiger partial charge is 0.269 e. The Balaban J connectivity index is 1.66. The van der Waals surface area contributed by atoms with Gasteiger partial charge in [0.15, 0.2) is 0 Å². The minimum Gasteiger partial charge on any atom is -0.494 e. The van der Waals surface area contributed by atoms with Crippen molar-refractivity contribution in [1.82, 2.24) is 0 Å². The van der Waals surface area contributed by atoms with Gasteiger partial charge in [0.05, 0.1) is 11.5 Å². The van der Waals surface area contributed by atoms with E-state index in [0.29, 0.717) is 0 Å². The van der Waals surface area contributed by atoms with Crippen LogP contribution < -0.4 is 4.74 Å². The zero-order valence-electron chi connectivity index (χ0n) is 16.8. The highest BCUT2D eigenvalue weighted by molar-refractivity contribution is 5.70. The van der Waals surface area contributed by atoms with Crippen molar-refractivity contribution >= 4 is 17.8 Å². The molecule has 0 N–H and O–H groups in total. The van der Waals surface area contributed by atoms with E-state index in [4.69, 9.17) is 4.74 Å². The van der Waals surface area contributed by atoms with E-state index >= 15 is 0 Å². The quantitative estimate of drug-likeness (QED) is 0.158. The van der Waals surface area contributed by atoms with Gasteiger partial charge in [0.25, 0.3) is 5.69 Å². The van der Waals surface area contributed by atoms with Gasteiger partial charge in [-0.25, -0.2) is 0 Å². The van der Waals surface area contributed by atoms with Crippen molar-refractivity contribution in [3.8, 4) is 5.75 Å². The summed E-state index contributed by atoms with van der Waals surface area (Å²) in [5.74, 6) is 0.899. The van der Waals surface area contributed by atoms with Crippen LogP contribution in [0, 0.1) is 10.1 Å². The molecule has 4 heteroatoms. The molecule has 0 radical (unpaired) electrons. The highest BCUT2D eigenvalue weighted by Gasteiger charge is 2.02. The van der Waals surface area contributed by atoms with E-state index in [1.807, 2.05) is 36.4 Å². The van der Waals surface area contributed by atoms with Crippen LogP contribution in [-0.4, -0.2) is 11.5 Å². The zero-order chi connectivity index (χ0) is 20.0. The molecule has 28 heavy (non-hydrogen) atoms. The second kappa shape index (κ2) is 12.7. The molecule has 0 amide bonds. The summed E-state index contributed by atoms with van der Waals surface area (Å²) in [6, 6.07) is 14.5. The van der Waals surface area contributed by atoms with Crippen LogP contribution in [0.1, 0.15) is 69.4 Å². The maximum Gasteiger partial charge on any atom is 0.269 e. The number of rotatable bonds is 13. The number of hydrogen-bond acceptors (Lipinski definition) is 3. The predicted octanol–water partition coefficient (Wildman–Crippen LogP) is 7.28. The highest BCUT2D eigenvalue weighted by atomic mass is 16.6. The molecule has 0 aliphatic carbocycles. The largest absolute Gasteiger partial charge is 0.494 e. The van der Waals surface area contributed by atoms with Gasteiger partial charge in [-0.1, -0.05) is 76.2 Å². The number of hydrogen-bond donors (Lipinski definition) is 0. The van der Waals surface area contributed by atoms with Gasteiger partial charge >= 0.3 is 0 Å². The van der Waals surface area contributed by atoms with Crippen molar-refractivity contribution in [2.45, 2.75) is 58.3 Å². The molecule has 0 fully saturated rings. The van der Waals surface area contributed by atoms with Crippen molar-refractivity contribution in [2.24, 2.45) is 0 Å². The summed E-state index contributed by atoms with van der Waals surface area (Å²) in [6.07, 6.45) is 14.3. The molecule has 0 aromatic heterocycles. The molecule has 0 aliphatic heterocycles. The lowest BCUT2D eigenvalue weighted by Gasteiger charge is -2.06. The molecule has 0 saturated carbocycles. The lowest BCUT2D eigenvalue weighted by Crippen LogP contribution is -1.97. The molecule has 0 heterocycles. The minimum atomic E-state index is -0.389. The molecule has 0 atom stereocenters. The first-order valence-corrected chi connectivity index (χ1v) is 10.3. The molecular weight excluding hydrogens is 350 g/mol. The van der Waals surface area contributed by atoms with Crippen LogP contribution in [0.2, 0.25) is 0 Å². The number of ether oxygens (including phenoxy) is 1. The van der Waals surface area contributed by atoms with Gasteiger partial charge in [0.2, 0.25) is 0 Å². The van der Waals surface area contributed by atoms with Crippen molar-refractivity contribution in [3.63, 3.8) is 0 Å². The summed E-state index contributed by atoms with van der Waals surface area (Å²) in [7, 11) is 0. The maximum atomic E-state index is 10.7. The standard InChI is InChI=1S/C24H31NO3/c1-2-3-4-5-6-7-8-9-20-28-24-18-14-22(15-19-24)11-10-21-12-16-23(17-13-21)25(26)27/h10-19H,2-9,20H2,1H3/b11-10+. The Labute approximate surface area is 168 Å². The second-order valence-corrected chi connectivity index (χ2v) is 7.07. The molecule has 0 unspecified atom stereocenters. The summed E-state index contributed by atoms with van der Waals surface area (Å²) in [5.41, 5.74) is 2.11. The Bertz CT molecular complexity index is 721. The van der Waals surface area contributed by atoms with E-state index in [1.54, 1.807) is 12.1 Å². The van der Waals surface area contributed by atoms with Crippen molar-refractivity contribution in [3.05, 3.63) is 69.8 Å². The van der Waals surface area contributed by atoms with Crippen molar-refractivity contribution in [2.75, 3.05) is 6.61 Å². The average molecular weight is 382 g/mol. The average Bonchev–Trinajstić information content (AvgIpc) is 2.72. The maximum absolute atomic E-state index is 10.7. The molecule has 0 aliphatic rings. The minimum absolute atomic E-state index is 0.107. The molecular formula is C24H31NO3. The SMILES string of the molecule is CCCCCCCCCCOc1ccc(/C=C/c2ccc([N+](=O)[O-])cc2)cc1. The molecule has 2 aromatic rings. The first-order chi connectivity index (χ1) is 13.7. The summed E-state index contributed by atoms with van der Waals surface area (Å²) >= 11 is 0. The van der Waals surface area contributed by atoms with E-state index in [-0.39, 0.29) is 10.6 Å². The lowest BCUT2D eigenvalue weighted by molar-refractivity contribution is -0.384. The van der Waals surface area contributed by atoms with Crippen LogP contribution in [0.5, 0.6) is 5.75 Å². The third kappa shape index (κ3) is 8.38. The zero-order valence-corrected chi connectivity index (χ0v) is 16.8. The molecule has 2 aromatic carbocycles. The van der Waals surface area contributed by atoms with Gasteiger partial charge in [-0.05, 0) is 41.8 Å².